The van der Waals surface area contributed by atoms with Gasteiger partial charge in [-0.2, -0.15) is 0 Å². The SMILES string of the molecule is Cc1cc2c(F)c(OCS)c(F)cc2n1C. The highest BCUT2D eigenvalue weighted by Gasteiger charge is 2.17. The summed E-state index contributed by atoms with van der Waals surface area (Å²) in [7, 11) is 1.76. The maximum absolute atomic E-state index is 13.9. The molecule has 0 aliphatic rings. The fraction of sp³-hybridized carbons (Fsp3) is 0.273. The van der Waals surface area contributed by atoms with E-state index in [1.165, 1.54) is 6.07 Å². The number of hydrogen-bond acceptors (Lipinski definition) is 2. The minimum atomic E-state index is -0.708. The second-order valence-electron chi connectivity index (χ2n) is 3.55. The first kappa shape index (κ1) is 11.3. The zero-order valence-electron chi connectivity index (χ0n) is 8.92. The Morgan fingerprint density at radius 1 is 1.38 bits per heavy atom. The van der Waals surface area contributed by atoms with Gasteiger partial charge in [0.1, 0.15) is 5.94 Å². The van der Waals surface area contributed by atoms with E-state index in [1.54, 1.807) is 17.7 Å². The van der Waals surface area contributed by atoms with Gasteiger partial charge in [0, 0.05) is 24.2 Å². The van der Waals surface area contributed by atoms with Crippen molar-refractivity contribution in [3.05, 3.63) is 29.5 Å². The Hall–Kier alpha value is -1.23. The second-order valence-corrected chi connectivity index (χ2v) is 3.81. The second kappa shape index (κ2) is 3.97. The average molecular weight is 243 g/mol. The molecule has 2 rings (SSSR count). The lowest BCUT2D eigenvalue weighted by Gasteiger charge is -2.07. The predicted octanol–water partition coefficient (Wildman–Crippen LogP) is 3.03. The molecule has 0 N–H and O–H groups in total. The minimum Gasteiger partial charge on any atom is -0.477 e. The van der Waals surface area contributed by atoms with Crippen molar-refractivity contribution in [3.8, 4) is 5.75 Å². The summed E-state index contributed by atoms with van der Waals surface area (Å²) in [5.74, 6) is -1.81. The molecule has 0 amide bonds. The molecule has 0 bridgehead atoms. The summed E-state index contributed by atoms with van der Waals surface area (Å²) in [5, 5.41) is 0.359. The van der Waals surface area contributed by atoms with Crippen LogP contribution in [0.4, 0.5) is 8.78 Å². The summed E-state index contributed by atoms with van der Waals surface area (Å²) >= 11 is 3.79. The molecule has 1 aromatic heterocycles. The summed E-state index contributed by atoms with van der Waals surface area (Å²) < 4.78 is 34.0. The van der Waals surface area contributed by atoms with E-state index in [9.17, 15) is 8.78 Å². The van der Waals surface area contributed by atoms with Gasteiger partial charge in [-0.05, 0) is 13.0 Å². The van der Waals surface area contributed by atoms with Gasteiger partial charge in [-0.3, -0.25) is 0 Å². The van der Waals surface area contributed by atoms with Gasteiger partial charge >= 0.3 is 0 Å². The zero-order valence-corrected chi connectivity index (χ0v) is 9.81. The van der Waals surface area contributed by atoms with Gasteiger partial charge in [0.2, 0.25) is 0 Å². The first-order chi connectivity index (χ1) is 7.56. The standard InChI is InChI=1S/C11H11F2NOS/c1-6-3-7-9(14(6)2)4-8(12)11(10(7)13)15-5-16/h3-4,16H,5H2,1-2H3. The molecule has 0 unspecified atom stereocenters. The molecular formula is C11H11F2NOS. The molecule has 0 aliphatic carbocycles. The monoisotopic (exact) mass is 243 g/mol. The Labute approximate surface area is 97.2 Å². The molecular weight excluding hydrogens is 232 g/mol. The lowest BCUT2D eigenvalue weighted by atomic mass is 10.2. The summed E-state index contributed by atoms with van der Waals surface area (Å²) in [5.41, 5.74) is 1.37. The van der Waals surface area contributed by atoms with E-state index in [-0.39, 0.29) is 11.7 Å². The maximum Gasteiger partial charge on any atom is 0.192 e. The number of aromatic nitrogens is 1. The lowest BCUT2D eigenvalue weighted by Crippen LogP contribution is -1.98. The van der Waals surface area contributed by atoms with Crippen LogP contribution in [0.2, 0.25) is 0 Å². The number of nitrogens with zero attached hydrogens (tertiary/aromatic N) is 1. The van der Waals surface area contributed by atoms with Crippen molar-refractivity contribution < 1.29 is 13.5 Å². The van der Waals surface area contributed by atoms with Crippen molar-refractivity contribution in [2.24, 2.45) is 7.05 Å². The number of rotatable bonds is 2. The van der Waals surface area contributed by atoms with E-state index in [0.717, 1.165) is 5.69 Å². The summed E-state index contributed by atoms with van der Waals surface area (Å²) in [6.07, 6.45) is 0. The summed E-state index contributed by atoms with van der Waals surface area (Å²) in [4.78, 5) is 0. The summed E-state index contributed by atoms with van der Waals surface area (Å²) in [6.45, 7) is 1.83. The maximum atomic E-state index is 13.9. The van der Waals surface area contributed by atoms with E-state index < -0.39 is 11.6 Å². The van der Waals surface area contributed by atoms with Crippen LogP contribution in [0.15, 0.2) is 12.1 Å². The van der Waals surface area contributed by atoms with Crippen LogP contribution in [0.3, 0.4) is 0 Å². The quantitative estimate of drug-likeness (QED) is 0.632. The van der Waals surface area contributed by atoms with Crippen LogP contribution in [-0.4, -0.2) is 10.5 Å². The molecule has 0 aliphatic heterocycles. The van der Waals surface area contributed by atoms with Crippen LogP contribution in [-0.2, 0) is 7.05 Å². The largest absolute Gasteiger partial charge is 0.477 e. The normalized spacial score (nSPS) is 11.1. The number of benzene rings is 1. The number of fused-ring (bicyclic) bond motifs is 1. The lowest BCUT2D eigenvalue weighted by molar-refractivity contribution is 0.347. The Morgan fingerprint density at radius 2 is 2.06 bits per heavy atom. The van der Waals surface area contributed by atoms with Crippen molar-refractivity contribution in [2.75, 3.05) is 5.94 Å². The Balaban J connectivity index is 2.78. The molecule has 0 spiro atoms. The van der Waals surface area contributed by atoms with Crippen LogP contribution in [0.1, 0.15) is 5.69 Å². The molecule has 1 heterocycles. The predicted molar refractivity (Wildman–Crippen MR) is 62.1 cm³/mol. The third-order valence-electron chi connectivity index (χ3n) is 2.64. The number of thiol groups is 1. The molecule has 2 aromatic rings. The van der Waals surface area contributed by atoms with E-state index in [1.807, 2.05) is 6.92 Å². The Kier molecular flexibility index (Phi) is 2.80. The van der Waals surface area contributed by atoms with Gasteiger partial charge in [0.05, 0.1) is 5.52 Å². The van der Waals surface area contributed by atoms with Crippen LogP contribution >= 0.6 is 12.6 Å². The number of ether oxygens (including phenoxy) is 1. The highest BCUT2D eigenvalue weighted by atomic mass is 32.1. The van der Waals surface area contributed by atoms with E-state index in [4.69, 9.17) is 4.74 Å². The molecule has 0 radical (unpaired) electrons. The number of hydrogen-bond donors (Lipinski definition) is 1. The smallest absolute Gasteiger partial charge is 0.192 e. The van der Waals surface area contributed by atoms with Gasteiger partial charge < -0.3 is 9.30 Å². The van der Waals surface area contributed by atoms with Gasteiger partial charge in [0.25, 0.3) is 0 Å². The molecule has 2 nitrogen and oxygen atoms in total. The fourth-order valence-electron chi connectivity index (χ4n) is 1.71. The van der Waals surface area contributed by atoms with Gasteiger partial charge in [0.15, 0.2) is 17.4 Å². The summed E-state index contributed by atoms with van der Waals surface area (Å²) in [6, 6.07) is 2.93. The molecule has 0 atom stereocenters. The number of aryl methyl sites for hydroxylation is 2. The molecule has 0 saturated heterocycles. The Morgan fingerprint density at radius 3 is 2.69 bits per heavy atom. The first-order valence-corrected chi connectivity index (χ1v) is 5.37. The van der Waals surface area contributed by atoms with E-state index in [0.29, 0.717) is 10.9 Å². The van der Waals surface area contributed by atoms with Crippen LogP contribution in [0.5, 0.6) is 5.75 Å². The topological polar surface area (TPSA) is 14.2 Å². The van der Waals surface area contributed by atoms with Crippen molar-refractivity contribution >= 4 is 23.5 Å². The third kappa shape index (κ3) is 1.55. The molecule has 0 fully saturated rings. The van der Waals surface area contributed by atoms with Crippen LogP contribution < -0.4 is 4.74 Å². The third-order valence-corrected chi connectivity index (χ3v) is 2.77. The molecule has 1 aromatic carbocycles. The van der Waals surface area contributed by atoms with Gasteiger partial charge in [-0.25, -0.2) is 8.78 Å². The van der Waals surface area contributed by atoms with Crippen LogP contribution in [0, 0.1) is 18.6 Å². The van der Waals surface area contributed by atoms with E-state index >= 15 is 0 Å². The molecule has 5 heteroatoms. The van der Waals surface area contributed by atoms with Crippen molar-refractivity contribution in [1.29, 1.82) is 0 Å². The Bertz CT molecular complexity index is 551. The highest BCUT2D eigenvalue weighted by molar-refractivity contribution is 7.80. The molecule has 16 heavy (non-hydrogen) atoms. The van der Waals surface area contributed by atoms with Crippen molar-refractivity contribution in [1.82, 2.24) is 4.57 Å². The number of halogens is 2. The van der Waals surface area contributed by atoms with Gasteiger partial charge in [-0.15, -0.1) is 12.6 Å². The molecule has 86 valence electrons. The van der Waals surface area contributed by atoms with Crippen molar-refractivity contribution in [3.63, 3.8) is 0 Å². The fourth-order valence-corrected chi connectivity index (χ4v) is 1.84. The minimum absolute atomic E-state index is 0.0643. The zero-order chi connectivity index (χ0) is 11.9. The van der Waals surface area contributed by atoms with E-state index in [2.05, 4.69) is 12.6 Å². The first-order valence-electron chi connectivity index (χ1n) is 4.74. The molecule has 0 saturated carbocycles. The van der Waals surface area contributed by atoms with Crippen LogP contribution in [0.25, 0.3) is 10.9 Å². The highest BCUT2D eigenvalue weighted by Crippen LogP contribution is 2.31. The van der Waals surface area contributed by atoms with Crippen molar-refractivity contribution in [2.45, 2.75) is 6.92 Å². The van der Waals surface area contributed by atoms with Gasteiger partial charge in [-0.1, -0.05) is 0 Å². The average Bonchev–Trinajstić information content (AvgIpc) is 2.52.